The van der Waals surface area contributed by atoms with Gasteiger partial charge in [-0.2, -0.15) is 0 Å². The number of aliphatic hydroxyl groups is 2. The van der Waals surface area contributed by atoms with Crippen molar-refractivity contribution in [3.05, 3.63) is 24.4 Å². The van der Waals surface area contributed by atoms with Crippen LogP contribution in [-0.2, 0) is 19.1 Å². The summed E-state index contributed by atoms with van der Waals surface area (Å²) >= 11 is 0. The van der Waals surface area contributed by atoms with E-state index in [1.807, 2.05) is 0 Å². The molecule has 5 atom stereocenters. The summed E-state index contributed by atoms with van der Waals surface area (Å²) in [5, 5.41) is 24.8. The quantitative estimate of drug-likeness (QED) is 0.249. The average Bonchev–Trinajstić information content (AvgIpc) is 2.88. The maximum Gasteiger partial charge on any atom is 0.351 e. The monoisotopic (exact) mass is 398 g/mol. The van der Waals surface area contributed by atoms with E-state index in [4.69, 9.17) is 15.2 Å². The van der Waals surface area contributed by atoms with E-state index in [2.05, 4.69) is 17.2 Å². The lowest BCUT2D eigenvalue weighted by atomic mass is 9.99. The lowest BCUT2D eigenvalue weighted by Gasteiger charge is -2.39. The van der Waals surface area contributed by atoms with E-state index in [1.54, 1.807) is 6.92 Å². The van der Waals surface area contributed by atoms with Gasteiger partial charge in [-0.15, -0.1) is 0 Å². The van der Waals surface area contributed by atoms with Crippen molar-refractivity contribution in [1.29, 1.82) is 0 Å². The molecule has 2 aliphatic rings. The minimum absolute atomic E-state index is 0.0176. The average molecular weight is 398 g/mol. The maximum absolute atomic E-state index is 12.5. The van der Waals surface area contributed by atoms with E-state index in [-0.39, 0.29) is 18.1 Å². The third-order valence-corrected chi connectivity index (χ3v) is 4.49. The topological polar surface area (TPSA) is 163 Å². The summed E-state index contributed by atoms with van der Waals surface area (Å²) in [6, 6.07) is -0.811. The number of hydrogen-bond acceptors (Lipinski definition) is 8. The summed E-state index contributed by atoms with van der Waals surface area (Å²) < 4.78 is 10.5. The first-order valence-electron chi connectivity index (χ1n) is 8.79. The molecule has 11 nitrogen and oxygen atoms in total. The van der Waals surface area contributed by atoms with Gasteiger partial charge in [-0.25, -0.2) is 9.59 Å². The lowest BCUT2D eigenvalue weighted by molar-refractivity contribution is -0.150. The molecular formula is C17H26N4O7. The zero-order valence-corrected chi connectivity index (χ0v) is 15.8. The van der Waals surface area contributed by atoms with E-state index in [1.165, 1.54) is 19.2 Å². The molecule has 3 amide bonds. The largest absolute Gasteiger partial charge is 0.463 e. The van der Waals surface area contributed by atoms with Crippen molar-refractivity contribution in [1.82, 2.24) is 15.5 Å². The normalized spacial score (nSPS) is 32.4. The second kappa shape index (κ2) is 8.69. The van der Waals surface area contributed by atoms with Crippen LogP contribution in [-0.4, -0.2) is 76.4 Å². The Morgan fingerprint density at radius 3 is 2.71 bits per heavy atom. The van der Waals surface area contributed by atoms with E-state index in [0.29, 0.717) is 13.0 Å². The molecule has 2 rings (SSSR count). The number of aliphatic hydroxyl groups excluding tert-OH is 2. The predicted molar refractivity (Wildman–Crippen MR) is 96.2 cm³/mol. The number of esters is 1. The molecule has 0 radical (unpaired) electrons. The smallest absolute Gasteiger partial charge is 0.351 e. The molecule has 0 aromatic rings. The summed E-state index contributed by atoms with van der Waals surface area (Å²) in [6.07, 6.45) is -1.49. The minimum Gasteiger partial charge on any atom is -0.463 e. The van der Waals surface area contributed by atoms with Crippen molar-refractivity contribution in [3.63, 3.8) is 0 Å². The van der Waals surface area contributed by atoms with Crippen LogP contribution in [0, 0.1) is 0 Å². The molecule has 0 spiro atoms. The van der Waals surface area contributed by atoms with Crippen LogP contribution >= 0.6 is 0 Å². The molecule has 156 valence electrons. The first-order chi connectivity index (χ1) is 13.1. The predicted octanol–water partition coefficient (Wildman–Crippen LogP) is -1.73. The Kier molecular flexibility index (Phi) is 6.77. The summed E-state index contributed by atoms with van der Waals surface area (Å²) in [4.78, 5) is 36.8. The van der Waals surface area contributed by atoms with Crippen LogP contribution in [0.3, 0.4) is 0 Å². The van der Waals surface area contributed by atoms with Gasteiger partial charge in [0.15, 0.2) is 6.23 Å². The standard InChI is InChI=1S/C17H26N4O7/c1-4-11-8-21(14-13(24)12(23)9(2)28-14)16(26)20-17(11,18)15(25)27-7-5-6-19-10(3)22/h4,8-9,12-14,23-24H,1,5-7,18H2,2-3H3,(H,19,22)(H,20,26)/t9-,12-,13-,14-,17?/m1/s1. The van der Waals surface area contributed by atoms with Gasteiger partial charge in [0.25, 0.3) is 0 Å². The number of carbonyl (C=O) groups excluding carboxylic acids is 3. The maximum atomic E-state index is 12.5. The molecule has 2 aliphatic heterocycles. The number of nitrogens with one attached hydrogen (secondary N) is 2. The van der Waals surface area contributed by atoms with E-state index >= 15 is 0 Å². The van der Waals surface area contributed by atoms with Gasteiger partial charge in [-0.05, 0) is 13.3 Å². The van der Waals surface area contributed by atoms with Gasteiger partial charge < -0.3 is 30.3 Å². The fourth-order valence-electron chi connectivity index (χ4n) is 2.86. The molecule has 0 saturated carbocycles. The third-order valence-electron chi connectivity index (χ3n) is 4.49. The van der Waals surface area contributed by atoms with Crippen LogP contribution in [0.4, 0.5) is 4.79 Å². The Bertz CT molecular complexity index is 682. The van der Waals surface area contributed by atoms with Gasteiger partial charge in [0.1, 0.15) is 12.2 Å². The highest BCUT2D eigenvalue weighted by atomic mass is 16.6. The van der Waals surface area contributed by atoms with Gasteiger partial charge in [0.2, 0.25) is 11.6 Å². The number of hydrogen-bond donors (Lipinski definition) is 5. The van der Waals surface area contributed by atoms with Gasteiger partial charge in [-0.3, -0.25) is 15.4 Å². The number of ether oxygens (including phenoxy) is 2. The van der Waals surface area contributed by atoms with Crippen LogP contribution in [0.25, 0.3) is 0 Å². The Balaban J connectivity index is 2.10. The van der Waals surface area contributed by atoms with Gasteiger partial charge in [-0.1, -0.05) is 12.7 Å². The number of amides is 3. The Morgan fingerprint density at radius 1 is 1.50 bits per heavy atom. The Hall–Kier alpha value is -2.47. The van der Waals surface area contributed by atoms with Crippen LogP contribution in [0.1, 0.15) is 20.3 Å². The Morgan fingerprint density at radius 2 is 2.18 bits per heavy atom. The van der Waals surface area contributed by atoms with Crippen molar-refractivity contribution >= 4 is 17.9 Å². The summed E-state index contributed by atoms with van der Waals surface area (Å²) in [5.74, 6) is -1.11. The van der Waals surface area contributed by atoms with Crippen LogP contribution in [0.2, 0.25) is 0 Å². The minimum atomic E-state index is -1.98. The molecule has 2 heterocycles. The fourth-order valence-corrected chi connectivity index (χ4v) is 2.86. The van der Waals surface area contributed by atoms with Crippen molar-refractivity contribution in [3.8, 4) is 0 Å². The molecule has 1 unspecified atom stereocenters. The highest BCUT2D eigenvalue weighted by Crippen LogP contribution is 2.29. The third kappa shape index (κ3) is 4.33. The van der Waals surface area contributed by atoms with Crippen LogP contribution in [0.15, 0.2) is 24.4 Å². The second-order valence-electron chi connectivity index (χ2n) is 6.62. The second-order valence-corrected chi connectivity index (χ2v) is 6.62. The van der Waals surface area contributed by atoms with Crippen molar-refractivity contribution in [2.24, 2.45) is 5.73 Å². The molecule has 0 aromatic heterocycles. The highest BCUT2D eigenvalue weighted by Gasteiger charge is 2.50. The van der Waals surface area contributed by atoms with Gasteiger partial charge in [0.05, 0.1) is 12.7 Å². The molecule has 28 heavy (non-hydrogen) atoms. The molecule has 0 aromatic carbocycles. The van der Waals surface area contributed by atoms with Gasteiger partial charge in [0, 0.05) is 25.2 Å². The van der Waals surface area contributed by atoms with Gasteiger partial charge >= 0.3 is 12.0 Å². The first kappa shape index (κ1) is 21.8. The fraction of sp³-hybridized carbons (Fsp3) is 0.588. The Labute approximate surface area is 162 Å². The van der Waals surface area contributed by atoms with Crippen LogP contribution in [0.5, 0.6) is 0 Å². The zero-order valence-electron chi connectivity index (χ0n) is 15.8. The number of nitrogens with zero attached hydrogens (tertiary/aromatic N) is 1. The molecule has 6 N–H and O–H groups in total. The van der Waals surface area contributed by atoms with Crippen molar-refractivity contribution < 1.29 is 34.1 Å². The highest BCUT2D eigenvalue weighted by molar-refractivity contribution is 5.93. The molecule has 11 heteroatoms. The summed E-state index contributed by atoms with van der Waals surface area (Å²) in [5.41, 5.74) is 4.21. The lowest BCUT2D eigenvalue weighted by Crippen LogP contribution is -2.68. The first-order valence-corrected chi connectivity index (χ1v) is 8.79. The molecular weight excluding hydrogens is 372 g/mol. The molecule has 0 bridgehead atoms. The van der Waals surface area contributed by atoms with E-state index in [0.717, 1.165) is 4.90 Å². The van der Waals surface area contributed by atoms with Crippen molar-refractivity contribution in [2.45, 2.75) is 50.5 Å². The summed E-state index contributed by atoms with van der Waals surface area (Å²) in [7, 11) is 0. The number of urea groups is 1. The van der Waals surface area contributed by atoms with E-state index < -0.39 is 42.2 Å². The number of carbonyl (C=O) groups is 3. The van der Waals surface area contributed by atoms with Crippen molar-refractivity contribution in [2.75, 3.05) is 13.2 Å². The number of rotatable bonds is 7. The molecule has 1 fully saturated rings. The number of nitrogens with two attached hydrogens (primary N) is 1. The molecule has 1 saturated heterocycles. The molecule has 0 aliphatic carbocycles. The zero-order chi connectivity index (χ0) is 21.1. The summed E-state index contributed by atoms with van der Waals surface area (Å²) in [6.45, 7) is 6.82. The van der Waals surface area contributed by atoms with Crippen LogP contribution < -0.4 is 16.4 Å². The van der Waals surface area contributed by atoms with E-state index in [9.17, 15) is 24.6 Å². The SMILES string of the molecule is C=CC1=CN([C@@H]2O[C@H](C)[C@@H](O)[C@H]2O)C(=O)NC1(N)C(=O)OCCCNC(C)=O.